The lowest BCUT2D eigenvalue weighted by molar-refractivity contribution is -0.136. The topological polar surface area (TPSA) is 142 Å². The van der Waals surface area contributed by atoms with Crippen molar-refractivity contribution in [3.63, 3.8) is 0 Å². The Morgan fingerprint density at radius 2 is 1.88 bits per heavy atom. The quantitative estimate of drug-likeness (QED) is 0.595. The average Bonchev–Trinajstić information content (AvgIpc) is 2.99. The number of rotatable bonds is 4. The third-order valence-corrected chi connectivity index (χ3v) is 7.64. The van der Waals surface area contributed by atoms with Gasteiger partial charge in [0.05, 0.1) is 10.9 Å². The Bertz CT molecular complexity index is 1140. The Morgan fingerprint density at radius 1 is 1.18 bits per heavy atom. The van der Waals surface area contributed by atoms with E-state index in [1.165, 1.54) is 27.4 Å². The molecular formula is C21H26N4O7S. The van der Waals surface area contributed by atoms with E-state index in [1.807, 2.05) is 0 Å². The summed E-state index contributed by atoms with van der Waals surface area (Å²) in [6.07, 6.45) is -0.311. The highest BCUT2D eigenvalue weighted by Crippen LogP contribution is 2.34. The maximum Gasteiger partial charge on any atom is 0.407 e. The fourth-order valence-corrected chi connectivity index (χ4v) is 5.90. The molecule has 0 radical (unpaired) electrons. The van der Waals surface area contributed by atoms with Gasteiger partial charge in [0.25, 0.3) is 5.91 Å². The molecule has 2 fully saturated rings. The van der Waals surface area contributed by atoms with Crippen LogP contribution in [0.5, 0.6) is 0 Å². The number of nitrogens with zero attached hydrogens (tertiary/aromatic N) is 2. The summed E-state index contributed by atoms with van der Waals surface area (Å²) < 4.78 is 32.9. The number of imide groups is 1. The highest BCUT2D eigenvalue weighted by Gasteiger charge is 2.44. The molecular weight excluding hydrogens is 452 g/mol. The summed E-state index contributed by atoms with van der Waals surface area (Å²) in [5, 5.41) is 4.87. The smallest absolute Gasteiger partial charge is 0.407 e. The summed E-state index contributed by atoms with van der Waals surface area (Å²) in [6.45, 7) is 5.33. The molecule has 4 amide bonds. The zero-order valence-corrected chi connectivity index (χ0v) is 19.4. The number of fused-ring (bicyclic) bond motifs is 1. The summed E-state index contributed by atoms with van der Waals surface area (Å²) in [5.41, 5.74) is -0.106. The predicted molar refractivity (Wildman–Crippen MR) is 114 cm³/mol. The van der Waals surface area contributed by atoms with Gasteiger partial charge < -0.3 is 15.0 Å². The van der Waals surface area contributed by atoms with Crippen LogP contribution in [0, 0.1) is 0 Å². The van der Waals surface area contributed by atoms with Crippen molar-refractivity contribution < 1.29 is 32.3 Å². The molecule has 0 saturated carbocycles. The average molecular weight is 479 g/mol. The first-order valence-electron chi connectivity index (χ1n) is 10.6. The molecule has 1 unspecified atom stereocenters. The lowest BCUT2D eigenvalue weighted by atomic mass is 10.0. The Balaban J connectivity index is 1.48. The van der Waals surface area contributed by atoms with E-state index in [4.69, 9.17) is 4.74 Å². The van der Waals surface area contributed by atoms with Crippen LogP contribution in [0.2, 0.25) is 0 Å². The minimum Gasteiger partial charge on any atom is -0.444 e. The van der Waals surface area contributed by atoms with E-state index < -0.39 is 45.5 Å². The van der Waals surface area contributed by atoms with Crippen LogP contribution in [0.4, 0.5) is 4.79 Å². The van der Waals surface area contributed by atoms with Gasteiger partial charge >= 0.3 is 6.09 Å². The predicted octanol–water partition coefficient (Wildman–Crippen LogP) is 0.345. The standard InChI is InChI=1S/C21H26N4O7S/c1-21(2,3)32-20(29)22-12-9-24(10-12)33(30,31)16-6-4-5-13-14(16)11-25(19(13)28)15-7-8-17(26)23-18(15)27/h4-6,12,15H,7-11H2,1-3H3,(H,22,29)(H,23,26,27). The van der Waals surface area contributed by atoms with Crippen LogP contribution in [0.25, 0.3) is 0 Å². The first-order chi connectivity index (χ1) is 15.4. The van der Waals surface area contributed by atoms with Gasteiger partial charge in [-0.2, -0.15) is 4.31 Å². The van der Waals surface area contributed by atoms with Crippen LogP contribution in [-0.4, -0.2) is 72.2 Å². The Labute approximate surface area is 191 Å². The number of nitrogens with one attached hydrogen (secondary N) is 2. The Hall–Kier alpha value is -2.99. The molecule has 33 heavy (non-hydrogen) atoms. The molecule has 0 aliphatic carbocycles. The number of hydrogen-bond donors (Lipinski definition) is 2. The number of carbonyl (C=O) groups excluding carboxylic acids is 4. The van der Waals surface area contributed by atoms with Crippen molar-refractivity contribution in [2.75, 3.05) is 13.1 Å². The van der Waals surface area contributed by atoms with Gasteiger partial charge in [-0.15, -0.1) is 0 Å². The van der Waals surface area contributed by atoms with Crippen molar-refractivity contribution in [3.8, 4) is 0 Å². The van der Waals surface area contributed by atoms with Crippen molar-refractivity contribution in [3.05, 3.63) is 29.3 Å². The van der Waals surface area contributed by atoms with E-state index in [1.54, 1.807) is 20.8 Å². The molecule has 0 aromatic heterocycles. The zero-order valence-electron chi connectivity index (χ0n) is 18.6. The third-order valence-electron chi connectivity index (χ3n) is 5.73. The molecule has 3 aliphatic heterocycles. The number of hydrogen-bond acceptors (Lipinski definition) is 7. The van der Waals surface area contributed by atoms with Crippen molar-refractivity contribution >= 4 is 33.8 Å². The van der Waals surface area contributed by atoms with Gasteiger partial charge in [0.15, 0.2) is 0 Å². The van der Waals surface area contributed by atoms with E-state index in [-0.39, 0.29) is 49.0 Å². The Morgan fingerprint density at radius 3 is 2.52 bits per heavy atom. The summed E-state index contributed by atoms with van der Waals surface area (Å²) in [6, 6.07) is 3.25. The van der Waals surface area contributed by atoms with Crippen molar-refractivity contribution in [2.45, 2.75) is 62.7 Å². The molecule has 3 aliphatic rings. The third kappa shape index (κ3) is 4.44. The lowest BCUT2D eigenvalue weighted by Gasteiger charge is -2.38. The first-order valence-corrected chi connectivity index (χ1v) is 12.1. The number of alkyl carbamates (subject to hydrolysis) is 1. The summed E-state index contributed by atoms with van der Waals surface area (Å²) in [7, 11) is -3.92. The normalized spacial score (nSPS) is 22.0. The van der Waals surface area contributed by atoms with Gasteiger partial charge in [-0.3, -0.25) is 19.7 Å². The number of sulfonamides is 1. The fourth-order valence-electron chi connectivity index (χ4n) is 4.14. The number of ether oxygens (including phenoxy) is 1. The molecule has 1 aromatic rings. The number of carbonyl (C=O) groups is 4. The monoisotopic (exact) mass is 478 g/mol. The van der Waals surface area contributed by atoms with Crippen LogP contribution in [0.1, 0.15) is 49.5 Å². The molecule has 2 saturated heterocycles. The molecule has 12 heteroatoms. The second-order valence-electron chi connectivity index (χ2n) is 9.35. The van der Waals surface area contributed by atoms with Crippen LogP contribution < -0.4 is 10.6 Å². The molecule has 4 rings (SSSR count). The van der Waals surface area contributed by atoms with Crippen LogP contribution >= 0.6 is 0 Å². The molecule has 1 aromatic carbocycles. The molecule has 1 atom stereocenters. The summed E-state index contributed by atoms with van der Waals surface area (Å²) in [5.74, 6) is -1.39. The molecule has 178 valence electrons. The number of benzene rings is 1. The minimum absolute atomic E-state index is 0.00105. The molecule has 0 spiro atoms. The highest BCUT2D eigenvalue weighted by molar-refractivity contribution is 7.89. The van der Waals surface area contributed by atoms with Gasteiger partial charge in [-0.05, 0) is 39.3 Å². The SMILES string of the molecule is CC(C)(C)OC(=O)NC1CN(S(=O)(=O)c2cccc3c2CN(C2CCC(=O)NC2=O)C3=O)C1. The largest absolute Gasteiger partial charge is 0.444 e. The van der Waals surface area contributed by atoms with Gasteiger partial charge in [0.1, 0.15) is 11.6 Å². The van der Waals surface area contributed by atoms with Gasteiger partial charge in [0.2, 0.25) is 21.8 Å². The molecule has 3 heterocycles. The van der Waals surface area contributed by atoms with E-state index in [2.05, 4.69) is 10.6 Å². The van der Waals surface area contributed by atoms with Crippen molar-refractivity contribution in [1.29, 1.82) is 0 Å². The molecule has 11 nitrogen and oxygen atoms in total. The van der Waals surface area contributed by atoms with E-state index in [0.29, 0.717) is 5.56 Å². The van der Waals surface area contributed by atoms with Crippen molar-refractivity contribution in [1.82, 2.24) is 19.8 Å². The van der Waals surface area contributed by atoms with E-state index in [0.717, 1.165) is 0 Å². The number of piperidine rings is 1. The lowest BCUT2D eigenvalue weighted by Crippen LogP contribution is -2.61. The summed E-state index contributed by atoms with van der Waals surface area (Å²) >= 11 is 0. The fraction of sp³-hybridized carbons (Fsp3) is 0.524. The maximum absolute atomic E-state index is 13.3. The van der Waals surface area contributed by atoms with Crippen LogP contribution in [0.15, 0.2) is 23.1 Å². The Kier molecular flexibility index (Phi) is 5.69. The van der Waals surface area contributed by atoms with Gasteiger partial charge in [0, 0.05) is 37.2 Å². The minimum atomic E-state index is -3.92. The maximum atomic E-state index is 13.3. The van der Waals surface area contributed by atoms with E-state index in [9.17, 15) is 27.6 Å². The second-order valence-corrected chi connectivity index (χ2v) is 11.3. The molecule has 0 bridgehead atoms. The van der Waals surface area contributed by atoms with Crippen molar-refractivity contribution in [2.24, 2.45) is 0 Å². The molecule has 2 N–H and O–H groups in total. The van der Waals surface area contributed by atoms with E-state index >= 15 is 0 Å². The first kappa shape index (κ1) is 23.2. The van der Waals surface area contributed by atoms with Gasteiger partial charge in [-0.25, -0.2) is 13.2 Å². The highest BCUT2D eigenvalue weighted by atomic mass is 32.2. The summed E-state index contributed by atoms with van der Waals surface area (Å²) in [4.78, 5) is 49.8. The van der Waals surface area contributed by atoms with Crippen LogP contribution in [-0.2, 0) is 30.9 Å². The number of amides is 4. The van der Waals surface area contributed by atoms with Crippen LogP contribution in [0.3, 0.4) is 0 Å². The zero-order chi connectivity index (χ0) is 24.1. The second kappa shape index (κ2) is 8.10. The van der Waals surface area contributed by atoms with Gasteiger partial charge in [-0.1, -0.05) is 6.07 Å².